The Kier molecular flexibility index (Phi) is 6.29. The molecule has 1 aliphatic rings. The first-order valence-electron chi connectivity index (χ1n) is 11.0. The molecule has 160 valence electrons. The summed E-state index contributed by atoms with van der Waals surface area (Å²) in [6.45, 7) is 4.82. The summed E-state index contributed by atoms with van der Waals surface area (Å²) in [7, 11) is 2.06. The van der Waals surface area contributed by atoms with E-state index in [1.165, 1.54) is 25.7 Å². The first kappa shape index (κ1) is 20.8. The van der Waals surface area contributed by atoms with Crippen LogP contribution >= 0.6 is 0 Å². The van der Waals surface area contributed by atoms with Crippen molar-refractivity contribution in [3.8, 4) is 0 Å². The number of nitrogens with zero attached hydrogens (tertiary/aromatic N) is 4. The Morgan fingerprint density at radius 1 is 1.17 bits per heavy atom. The Morgan fingerprint density at radius 2 is 1.97 bits per heavy atom. The van der Waals surface area contributed by atoms with Crippen LogP contribution in [0.2, 0.25) is 0 Å². The van der Waals surface area contributed by atoms with Crippen molar-refractivity contribution < 1.29 is 0 Å². The first-order valence-corrected chi connectivity index (χ1v) is 11.0. The number of hydrogen-bond donors (Lipinski definition) is 3. The maximum absolute atomic E-state index is 5.81. The van der Waals surface area contributed by atoms with Crippen molar-refractivity contribution in [1.82, 2.24) is 24.8 Å². The minimum atomic E-state index is 0.289. The second-order valence-corrected chi connectivity index (χ2v) is 8.65. The van der Waals surface area contributed by atoms with Gasteiger partial charge in [0, 0.05) is 30.7 Å². The topological polar surface area (TPSA) is 93.7 Å². The summed E-state index contributed by atoms with van der Waals surface area (Å²) in [4.78, 5) is 14.5. The van der Waals surface area contributed by atoms with Crippen molar-refractivity contribution in [2.75, 3.05) is 12.4 Å². The van der Waals surface area contributed by atoms with Crippen LogP contribution in [0, 0.1) is 5.92 Å². The molecule has 7 heteroatoms. The number of benzene rings is 1. The number of aromatic nitrogens is 4. The van der Waals surface area contributed by atoms with Crippen molar-refractivity contribution in [1.29, 1.82) is 0 Å². The standard InChI is InChI=1S/C23H33N7/c1-15(2)30-14-26-21-22(27-19-6-4-5-17(11-19)13-24)28-20(29-23(21)30)12-16-7-9-18(25-3)10-8-16/h4-6,11,14-16,18,25H,7-10,12-13,24H2,1-3H3,(H,27,28,29). The van der Waals surface area contributed by atoms with E-state index in [1.54, 1.807) is 0 Å². The fraction of sp³-hybridized carbons (Fsp3) is 0.522. The molecule has 0 radical (unpaired) electrons. The Labute approximate surface area is 178 Å². The van der Waals surface area contributed by atoms with E-state index in [1.807, 2.05) is 24.5 Å². The summed E-state index contributed by atoms with van der Waals surface area (Å²) in [6, 6.07) is 9.08. The van der Waals surface area contributed by atoms with Crippen molar-refractivity contribution in [3.05, 3.63) is 42.0 Å². The highest BCUT2D eigenvalue weighted by Crippen LogP contribution is 2.29. The normalized spacial score (nSPS) is 19.5. The third kappa shape index (κ3) is 4.47. The zero-order valence-electron chi connectivity index (χ0n) is 18.2. The summed E-state index contributed by atoms with van der Waals surface area (Å²) in [5, 5.41) is 6.89. The monoisotopic (exact) mass is 407 g/mol. The molecule has 1 aliphatic carbocycles. The van der Waals surface area contributed by atoms with Crippen LogP contribution < -0.4 is 16.4 Å². The van der Waals surface area contributed by atoms with E-state index in [0.29, 0.717) is 18.5 Å². The van der Waals surface area contributed by atoms with E-state index < -0.39 is 0 Å². The lowest BCUT2D eigenvalue weighted by Crippen LogP contribution is -2.30. The second-order valence-electron chi connectivity index (χ2n) is 8.65. The van der Waals surface area contributed by atoms with Crippen LogP contribution in [0.15, 0.2) is 30.6 Å². The quantitative estimate of drug-likeness (QED) is 0.549. The molecule has 0 atom stereocenters. The van der Waals surface area contributed by atoms with Gasteiger partial charge in [0.15, 0.2) is 17.0 Å². The van der Waals surface area contributed by atoms with Crippen LogP contribution in [0.1, 0.15) is 57.0 Å². The summed E-state index contributed by atoms with van der Waals surface area (Å²) in [6.07, 6.45) is 7.67. The van der Waals surface area contributed by atoms with Gasteiger partial charge in [-0.3, -0.25) is 0 Å². The largest absolute Gasteiger partial charge is 0.338 e. The van der Waals surface area contributed by atoms with Crippen LogP contribution in [-0.4, -0.2) is 32.6 Å². The van der Waals surface area contributed by atoms with E-state index in [-0.39, 0.29) is 6.04 Å². The molecule has 0 aliphatic heterocycles. The molecule has 1 fully saturated rings. The molecule has 30 heavy (non-hydrogen) atoms. The number of imidazole rings is 1. The van der Waals surface area contributed by atoms with Gasteiger partial charge in [0.1, 0.15) is 5.82 Å². The smallest absolute Gasteiger partial charge is 0.166 e. The predicted octanol–water partition coefficient (Wildman–Crippen LogP) is 3.93. The van der Waals surface area contributed by atoms with Gasteiger partial charge in [-0.15, -0.1) is 0 Å². The van der Waals surface area contributed by atoms with Crippen molar-refractivity contribution in [3.63, 3.8) is 0 Å². The second kappa shape index (κ2) is 9.10. The fourth-order valence-electron chi connectivity index (χ4n) is 4.34. The summed E-state index contributed by atoms with van der Waals surface area (Å²) < 4.78 is 2.12. The summed E-state index contributed by atoms with van der Waals surface area (Å²) >= 11 is 0. The number of nitrogens with one attached hydrogen (secondary N) is 2. The van der Waals surface area contributed by atoms with Crippen LogP contribution in [0.25, 0.3) is 11.2 Å². The molecule has 4 rings (SSSR count). The van der Waals surface area contributed by atoms with Crippen LogP contribution in [0.5, 0.6) is 0 Å². The molecule has 0 unspecified atom stereocenters. The van der Waals surface area contributed by atoms with Gasteiger partial charge in [0.25, 0.3) is 0 Å². The molecule has 0 saturated heterocycles. The average molecular weight is 408 g/mol. The molecule has 0 spiro atoms. The van der Waals surface area contributed by atoms with Gasteiger partial charge in [-0.2, -0.15) is 0 Å². The number of anilines is 2. The fourth-order valence-corrected chi connectivity index (χ4v) is 4.34. The molecule has 0 bridgehead atoms. The molecule has 4 N–H and O–H groups in total. The Hall–Kier alpha value is -2.51. The van der Waals surface area contributed by atoms with Gasteiger partial charge in [0.2, 0.25) is 0 Å². The van der Waals surface area contributed by atoms with E-state index in [2.05, 4.69) is 47.1 Å². The Balaban J connectivity index is 1.66. The molecule has 1 saturated carbocycles. The minimum Gasteiger partial charge on any atom is -0.338 e. The van der Waals surface area contributed by atoms with E-state index in [4.69, 9.17) is 15.7 Å². The van der Waals surface area contributed by atoms with Gasteiger partial charge >= 0.3 is 0 Å². The summed E-state index contributed by atoms with van der Waals surface area (Å²) in [5.74, 6) is 2.30. The molecule has 2 aromatic heterocycles. The third-order valence-corrected chi connectivity index (χ3v) is 6.18. The summed E-state index contributed by atoms with van der Waals surface area (Å²) in [5.41, 5.74) is 9.58. The highest BCUT2D eigenvalue weighted by atomic mass is 15.2. The molecule has 0 amide bonds. The van der Waals surface area contributed by atoms with E-state index in [0.717, 1.165) is 40.5 Å². The Bertz CT molecular complexity index is 986. The number of hydrogen-bond acceptors (Lipinski definition) is 6. The highest BCUT2D eigenvalue weighted by Gasteiger charge is 2.22. The van der Waals surface area contributed by atoms with Gasteiger partial charge in [0.05, 0.1) is 6.33 Å². The van der Waals surface area contributed by atoms with E-state index in [9.17, 15) is 0 Å². The van der Waals surface area contributed by atoms with Crippen LogP contribution in [0.3, 0.4) is 0 Å². The van der Waals surface area contributed by atoms with Crippen molar-refractivity contribution in [2.24, 2.45) is 11.7 Å². The van der Waals surface area contributed by atoms with Gasteiger partial charge in [-0.1, -0.05) is 12.1 Å². The lowest BCUT2D eigenvalue weighted by Gasteiger charge is -2.27. The van der Waals surface area contributed by atoms with Crippen molar-refractivity contribution in [2.45, 2.75) is 64.6 Å². The Morgan fingerprint density at radius 3 is 2.67 bits per heavy atom. The molecule has 2 heterocycles. The molecule has 1 aromatic carbocycles. The average Bonchev–Trinajstić information content (AvgIpc) is 3.19. The van der Waals surface area contributed by atoms with E-state index >= 15 is 0 Å². The number of rotatable bonds is 7. The van der Waals surface area contributed by atoms with Crippen LogP contribution in [-0.2, 0) is 13.0 Å². The number of nitrogens with two attached hydrogens (primary N) is 1. The lowest BCUT2D eigenvalue weighted by atomic mass is 9.84. The minimum absolute atomic E-state index is 0.289. The molecular formula is C23H33N7. The van der Waals surface area contributed by atoms with Crippen molar-refractivity contribution >= 4 is 22.7 Å². The molecule has 7 nitrogen and oxygen atoms in total. The SMILES string of the molecule is CNC1CCC(Cc2nc(Nc3cccc(CN)c3)c3ncn(C(C)C)c3n2)CC1. The lowest BCUT2D eigenvalue weighted by molar-refractivity contribution is 0.297. The van der Waals surface area contributed by atoms with Gasteiger partial charge < -0.3 is 20.9 Å². The zero-order chi connectivity index (χ0) is 21.1. The highest BCUT2D eigenvalue weighted by molar-refractivity contribution is 5.85. The molecule has 3 aromatic rings. The number of fused-ring (bicyclic) bond motifs is 1. The first-order chi connectivity index (χ1) is 14.6. The molecular weight excluding hydrogens is 374 g/mol. The van der Waals surface area contributed by atoms with Gasteiger partial charge in [-0.25, -0.2) is 15.0 Å². The zero-order valence-corrected chi connectivity index (χ0v) is 18.2. The third-order valence-electron chi connectivity index (χ3n) is 6.18. The maximum Gasteiger partial charge on any atom is 0.166 e. The van der Waals surface area contributed by atoms with Gasteiger partial charge in [-0.05, 0) is 70.2 Å². The maximum atomic E-state index is 5.81. The predicted molar refractivity (Wildman–Crippen MR) is 122 cm³/mol. The van der Waals surface area contributed by atoms with Crippen LogP contribution in [0.4, 0.5) is 11.5 Å².